The summed E-state index contributed by atoms with van der Waals surface area (Å²) in [5.74, 6) is -0.646. The number of piperidine rings is 1. The average molecular weight is 348 g/mol. The summed E-state index contributed by atoms with van der Waals surface area (Å²) in [5.41, 5.74) is 0.806. The van der Waals surface area contributed by atoms with E-state index < -0.39 is 11.9 Å². The molecule has 8 heteroatoms. The van der Waals surface area contributed by atoms with Gasteiger partial charge in [0.15, 0.2) is 0 Å². The maximum atomic E-state index is 13.5. The lowest BCUT2D eigenvalue weighted by atomic mass is 10.0. The quantitative estimate of drug-likeness (QED) is 0.819. The lowest BCUT2D eigenvalue weighted by molar-refractivity contribution is -0.121. The van der Waals surface area contributed by atoms with E-state index in [0.717, 1.165) is 6.20 Å². The molecular formula is C17H21FN4O3. The summed E-state index contributed by atoms with van der Waals surface area (Å²) in [6, 6.07) is 4.07. The molecule has 3 heterocycles. The van der Waals surface area contributed by atoms with Crippen LogP contribution in [0.2, 0.25) is 0 Å². The summed E-state index contributed by atoms with van der Waals surface area (Å²) < 4.78 is 15.0. The van der Waals surface area contributed by atoms with Crippen LogP contribution >= 0.6 is 0 Å². The Balaban J connectivity index is 1.69. The molecule has 134 valence electrons. The fraction of sp³-hybridized carbons (Fsp3) is 0.471. The van der Waals surface area contributed by atoms with Crippen LogP contribution in [0.5, 0.6) is 0 Å². The summed E-state index contributed by atoms with van der Waals surface area (Å²) in [5, 5.41) is 12.9. The maximum absolute atomic E-state index is 13.5. The number of fused-ring (bicyclic) bond motifs is 1. The van der Waals surface area contributed by atoms with Crippen molar-refractivity contribution < 1.29 is 14.3 Å². The fourth-order valence-corrected chi connectivity index (χ4v) is 3.24. The van der Waals surface area contributed by atoms with Gasteiger partial charge in [0.05, 0.1) is 29.4 Å². The topological polar surface area (TPSA) is 87.5 Å². The Morgan fingerprint density at radius 3 is 2.96 bits per heavy atom. The Morgan fingerprint density at radius 1 is 1.44 bits per heavy atom. The molecule has 0 aliphatic carbocycles. The first-order valence-electron chi connectivity index (χ1n) is 8.26. The Kier molecular flexibility index (Phi) is 5.10. The van der Waals surface area contributed by atoms with Crippen molar-refractivity contribution in [3.8, 4) is 0 Å². The number of carbonyl (C=O) groups excluding carboxylic acids is 1. The monoisotopic (exact) mass is 348 g/mol. The first kappa shape index (κ1) is 17.5. The van der Waals surface area contributed by atoms with E-state index >= 15 is 0 Å². The van der Waals surface area contributed by atoms with Crippen LogP contribution in [0.4, 0.5) is 4.39 Å². The lowest BCUT2D eigenvalue weighted by Crippen LogP contribution is -2.54. The highest BCUT2D eigenvalue weighted by Crippen LogP contribution is 2.13. The molecule has 1 aliphatic rings. The molecule has 1 amide bonds. The van der Waals surface area contributed by atoms with Gasteiger partial charge in [-0.05, 0) is 12.5 Å². The third-order valence-electron chi connectivity index (χ3n) is 4.50. The number of likely N-dealkylation sites (tertiary alicyclic amines) is 1. The van der Waals surface area contributed by atoms with Crippen LogP contribution in [0.15, 0.2) is 29.2 Å². The molecule has 25 heavy (non-hydrogen) atoms. The van der Waals surface area contributed by atoms with Gasteiger partial charge >= 0.3 is 0 Å². The number of aliphatic hydroxyl groups excluding tert-OH is 1. The smallest absolute Gasteiger partial charge is 0.251 e. The van der Waals surface area contributed by atoms with Gasteiger partial charge in [-0.15, -0.1) is 0 Å². The van der Waals surface area contributed by atoms with E-state index in [1.165, 1.54) is 23.6 Å². The number of nitrogens with one attached hydrogen (secondary N) is 1. The number of pyridine rings is 2. The molecule has 2 N–H and O–H groups in total. The Morgan fingerprint density at radius 2 is 2.24 bits per heavy atom. The van der Waals surface area contributed by atoms with Crippen molar-refractivity contribution in [3.05, 3.63) is 40.6 Å². The molecule has 3 rings (SSSR count). The highest BCUT2D eigenvalue weighted by Gasteiger charge is 2.27. The van der Waals surface area contributed by atoms with Gasteiger partial charge in [-0.1, -0.05) is 0 Å². The van der Waals surface area contributed by atoms with Crippen molar-refractivity contribution >= 4 is 16.9 Å². The second kappa shape index (κ2) is 7.28. The molecule has 7 nitrogen and oxygen atoms in total. The van der Waals surface area contributed by atoms with E-state index in [1.807, 2.05) is 4.90 Å². The van der Waals surface area contributed by atoms with Gasteiger partial charge in [-0.25, -0.2) is 4.39 Å². The van der Waals surface area contributed by atoms with Gasteiger partial charge in [-0.2, -0.15) is 0 Å². The average Bonchev–Trinajstić information content (AvgIpc) is 2.56. The van der Waals surface area contributed by atoms with E-state index in [2.05, 4.69) is 10.3 Å². The Bertz CT molecular complexity index is 838. The molecule has 1 aliphatic heterocycles. The second-order valence-electron chi connectivity index (χ2n) is 6.34. The number of rotatable bonds is 4. The predicted molar refractivity (Wildman–Crippen MR) is 90.6 cm³/mol. The van der Waals surface area contributed by atoms with Crippen molar-refractivity contribution in [2.24, 2.45) is 0 Å². The zero-order chi connectivity index (χ0) is 18.0. The zero-order valence-electron chi connectivity index (χ0n) is 14.0. The van der Waals surface area contributed by atoms with Gasteiger partial charge in [-0.3, -0.25) is 19.5 Å². The van der Waals surface area contributed by atoms with Gasteiger partial charge in [0.1, 0.15) is 5.82 Å². The van der Waals surface area contributed by atoms with Crippen LogP contribution in [0.3, 0.4) is 0 Å². The Labute approximate surface area is 144 Å². The third kappa shape index (κ3) is 4.02. The van der Waals surface area contributed by atoms with Crippen molar-refractivity contribution in [1.29, 1.82) is 0 Å². The van der Waals surface area contributed by atoms with Crippen molar-refractivity contribution in [3.63, 3.8) is 0 Å². The molecule has 1 unspecified atom stereocenters. The number of halogens is 1. The molecule has 2 atom stereocenters. The van der Waals surface area contributed by atoms with Crippen LogP contribution in [-0.2, 0) is 11.3 Å². The van der Waals surface area contributed by atoms with E-state index in [1.54, 1.807) is 6.07 Å². The minimum Gasteiger partial charge on any atom is -0.390 e. The normalized spacial score (nSPS) is 21.4. The molecule has 2 aromatic rings. The molecule has 0 spiro atoms. The molecule has 1 saturated heterocycles. The lowest BCUT2D eigenvalue weighted by Gasteiger charge is -2.36. The summed E-state index contributed by atoms with van der Waals surface area (Å²) in [7, 11) is 0. The number of hydrogen-bond acceptors (Lipinski definition) is 5. The zero-order valence-corrected chi connectivity index (χ0v) is 14.0. The molecule has 2 aromatic heterocycles. The van der Waals surface area contributed by atoms with Gasteiger partial charge in [0.25, 0.3) is 5.56 Å². The van der Waals surface area contributed by atoms with Gasteiger partial charge < -0.3 is 15.0 Å². The fourth-order valence-electron chi connectivity index (χ4n) is 3.24. The summed E-state index contributed by atoms with van der Waals surface area (Å²) >= 11 is 0. The number of nitrogens with zero attached hydrogens (tertiary/aromatic N) is 3. The SMILES string of the molecule is CC(=O)NC1CCN(CCn2c(=O)ccc3ncc(F)cc32)C[C@H]1O. The summed E-state index contributed by atoms with van der Waals surface area (Å²) in [6.07, 6.45) is 1.11. The van der Waals surface area contributed by atoms with Crippen LogP contribution in [-0.4, -0.2) is 57.2 Å². The highest BCUT2D eigenvalue weighted by atomic mass is 19.1. The van der Waals surface area contributed by atoms with Crippen molar-refractivity contribution in [1.82, 2.24) is 19.8 Å². The molecular weight excluding hydrogens is 327 g/mol. The standard InChI is InChI=1S/C17H21FN4O3/c1-11(23)20-14-4-5-21(10-16(14)24)6-7-22-15-8-12(18)9-19-13(15)2-3-17(22)25/h2-3,8-9,14,16,24H,4-7,10H2,1H3,(H,20,23)/t14?,16-/m1/s1. The first-order chi connectivity index (χ1) is 11.9. The number of β-amino-alcohol motifs (C(OH)–C–C–N with tert-alkyl or cyclic N) is 1. The molecule has 0 saturated carbocycles. The van der Waals surface area contributed by atoms with Crippen LogP contribution in [0.25, 0.3) is 11.0 Å². The Hall–Kier alpha value is -2.32. The minimum absolute atomic E-state index is 0.158. The number of aromatic nitrogens is 2. The molecule has 0 bridgehead atoms. The van der Waals surface area contributed by atoms with Crippen molar-refractivity contribution in [2.45, 2.75) is 32.0 Å². The van der Waals surface area contributed by atoms with Crippen LogP contribution in [0.1, 0.15) is 13.3 Å². The number of carbonyl (C=O) groups is 1. The maximum Gasteiger partial charge on any atom is 0.251 e. The first-order valence-corrected chi connectivity index (χ1v) is 8.26. The summed E-state index contributed by atoms with van der Waals surface area (Å²) in [6.45, 7) is 3.46. The number of hydrogen-bond donors (Lipinski definition) is 2. The highest BCUT2D eigenvalue weighted by molar-refractivity contribution is 5.74. The van der Waals surface area contributed by atoms with Crippen LogP contribution in [0, 0.1) is 5.82 Å². The van der Waals surface area contributed by atoms with Gasteiger partial charge in [0.2, 0.25) is 5.91 Å². The van der Waals surface area contributed by atoms with Crippen LogP contribution < -0.4 is 10.9 Å². The predicted octanol–water partition coefficient (Wildman–Crippen LogP) is 0.107. The number of amides is 1. The van der Waals surface area contributed by atoms with Gasteiger partial charge in [0, 0.05) is 45.2 Å². The largest absolute Gasteiger partial charge is 0.390 e. The van der Waals surface area contributed by atoms with E-state index in [-0.39, 0.29) is 17.5 Å². The minimum atomic E-state index is -0.652. The third-order valence-corrected chi connectivity index (χ3v) is 4.50. The molecule has 0 aromatic carbocycles. The van der Waals surface area contributed by atoms with Crippen molar-refractivity contribution in [2.75, 3.05) is 19.6 Å². The number of aliphatic hydroxyl groups is 1. The second-order valence-corrected chi connectivity index (χ2v) is 6.34. The van der Waals surface area contributed by atoms with E-state index in [4.69, 9.17) is 0 Å². The summed E-state index contributed by atoms with van der Waals surface area (Å²) in [4.78, 5) is 29.3. The van der Waals surface area contributed by atoms with E-state index in [0.29, 0.717) is 43.6 Å². The molecule has 1 fully saturated rings. The van der Waals surface area contributed by atoms with E-state index in [9.17, 15) is 19.1 Å². The molecule has 0 radical (unpaired) electrons.